The van der Waals surface area contributed by atoms with Gasteiger partial charge in [-0.1, -0.05) is 6.07 Å². The van der Waals surface area contributed by atoms with E-state index in [2.05, 4.69) is 10.4 Å². The van der Waals surface area contributed by atoms with Crippen LogP contribution in [0.1, 0.15) is 10.4 Å². The standard InChI is InChI=1S/C16H13F2N3OS/c17-12-2-1-3-13(18)15(12)16(22)19-6-8-21-7-4-14(20-21)11-5-9-23-10-11/h1-5,7,9-10H,6,8H2,(H,19,22). The maximum atomic E-state index is 13.5. The number of nitrogens with zero attached hydrogens (tertiary/aromatic N) is 2. The zero-order valence-corrected chi connectivity index (χ0v) is 12.8. The minimum absolute atomic E-state index is 0.220. The summed E-state index contributed by atoms with van der Waals surface area (Å²) >= 11 is 1.59. The van der Waals surface area contributed by atoms with Crippen LogP contribution in [0.25, 0.3) is 11.3 Å². The Morgan fingerprint density at radius 3 is 2.70 bits per heavy atom. The van der Waals surface area contributed by atoms with E-state index in [0.29, 0.717) is 6.54 Å². The lowest BCUT2D eigenvalue weighted by molar-refractivity contribution is 0.0943. The van der Waals surface area contributed by atoms with Gasteiger partial charge >= 0.3 is 0 Å². The Morgan fingerprint density at radius 1 is 1.22 bits per heavy atom. The van der Waals surface area contributed by atoms with E-state index >= 15 is 0 Å². The van der Waals surface area contributed by atoms with Gasteiger partial charge in [0, 0.05) is 23.7 Å². The predicted octanol–water partition coefficient (Wildman–Crippen LogP) is 3.32. The van der Waals surface area contributed by atoms with Gasteiger partial charge in [-0.15, -0.1) is 0 Å². The summed E-state index contributed by atoms with van der Waals surface area (Å²) in [5, 5.41) is 10.8. The molecule has 0 atom stereocenters. The second-order valence-corrected chi connectivity index (χ2v) is 5.61. The summed E-state index contributed by atoms with van der Waals surface area (Å²) in [5.74, 6) is -2.52. The van der Waals surface area contributed by atoms with E-state index in [1.807, 2.05) is 22.9 Å². The molecule has 3 rings (SSSR count). The van der Waals surface area contributed by atoms with E-state index in [1.54, 1.807) is 22.2 Å². The summed E-state index contributed by atoms with van der Waals surface area (Å²) in [6.45, 7) is 0.628. The van der Waals surface area contributed by atoms with E-state index in [1.165, 1.54) is 6.07 Å². The highest BCUT2D eigenvalue weighted by molar-refractivity contribution is 7.08. The van der Waals surface area contributed by atoms with Crippen LogP contribution in [0, 0.1) is 11.6 Å². The number of hydrogen-bond donors (Lipinski definition) is 1. The topological polar surface area (TPSA) is 46.9 Å². The molecule has 1 amide bonds. The van der Waals surface area contributed by atoms with Crippen LogP contribution in [0.2, 0.25) is 0 Å². The number of carbonyl (C=O) groups excluding carboxylic acids is 1. The van der Waals surface area contributed by atoms with Crippen molar-refractivity contribution in [1.82, 2.24) is 15.1 Å². The molecule has 23 heavy (non-hydrogen) atoms. The lowest BCUT2D eigenvalue weighted by Crippen LogP contribution is -2.29. The molecule has 1 aromatic carbocycles. The SMILES string of the molecule is O=C(NCCn1ccc(-c2ccsc2)n1)c1c(F)cccc1F. The summed E-state index contributed by atoms with van der Waals surface area (Å²) in [4.78, 5) is 11.8. The summed E-state index contributed by atoms with van der Waals surface area (Å²) < 4.78 is 28.7. The molecule has 0 bridgehead atoms. The zero-order valence-electron chi connectivity index (χ0n) is 12.0. The van der Waals surface area contributed by atoms with Gasteiger partial charge in [-0.25, -0.2) is 8.78 Å². The molecule has 0 saturated carbocycles. The number of halogens is 2. The Labute approximate surface area is 135 Å². The Kier molecular flexibility index (Phi) is 4.47. The van der Waals surface area contributed by atoms with Crippen LogP contribution in [0.4, 0.5) is 8.78 Å². The maximum Gasteiger partial charge on any atom is 0.257 e. The molecule has 0 unspecified atom stereocenters. The van der Waals surface area contributed by atoms with Crippen LogP contribution in [0.3, 0.4) is 0 Å². The highest BCUT2D eigenvalue weighted by Crippen LogP contribution is 2.19. The largest absolute Gasteiger partial charge is 0.350 e. The fourth-order valence-corrected chi connectivity index (χ4v) is 2.79. The third-order valence-electron chi connectivity index (χ3n) is 3.27. The molecule has 1 N–H and O–H groups in total. The summed E-state index contributed by atoms with van der Waals surface area (Å²) in [6.07, 6.45) is 1.79. The average Bonchev–Trinajstić information content (AvgIpc) is 3.18. The molecule has 7 heteroatoms. The first kappa shape index (κ1) is 15.4. The van der Waals surface area contributed by atoms with Crippen LogP contribution in [0.5, 0.6) is 0 Å². The van der Waals surface area contributed by atoms with Gasteiger partial charge in [0.2, 0.25) is 0 Å². The van der Waals surface area contributed by atoms with Gasteiger partial charge in [0.1, 0.15) is 17.2 Å². The van der Waals surface area contributed by atoms with E-state index in [9.17, 15) is 13.6 Å². The Bertz CT molecular complexity index is 794. The summed E-state index contributed by atoms with van der Waals surface area (Å²) in [5.41, 5.74) is 1.32. The van der Waals surface area contributed by atoms with Crippen LogP contribution in [-0.4, -0.2) is 22.2 Å². The lowest BCUT2D eigenvalue weighted by Gasteiger charge is -2.07. The molecular weight excluding hydrogens is 320 g/mol. The van der Waals surface area contributed by atoms with Crippen molar-refractivity contribution in [3.63, 3.8) is 0 Å². The molecule has 0 spiro atoms. The third kappa shape index (κ3) is 3.45. The van der Waals surface area contributed by atoms with E-state index < -0.39 is 23.1 Å². The first-order chi connectivity index (χ1) is 11.1. The van der Waals surface area contributed by atoms with Gasteiger partial charge < -0.3 is 5.32 Å². The molecular formula is C16H13F2N3OS. The van der Waals surface area contributed by atoms with Crippen molar-refractivity contribution in [3.8, 4) is 11.3 Å². The zero-order chi connectivity index (χ0) is 16.2. The van der Waals surface area contributed by atoms with E-state index in [0.717, 1.165) is 23.4 Å². The maximum absolute atomic E-state index is 13.5. The minimum atomic E-state index is -0.874. The van der Waals surface area contributed by atoms with Crippen molar-refractivity contribution in [2.75, 3.05) is 6.54 Å². The molecule has 0 saturated heterocycles. The number of rotatable bonds is 5. The molecule has 2 aromatic heterocycles. The highest BCUT2D eigenvalue weighted by Gasteiger charge is 2.16. The predicted molar refractivity (Wildman–Crippen MR) is 84.2 cm³/mol. The first-order valence-corrected chi connectivity index (χ1v) is 7.87. The number of nitrogens with one attached hydrogen (secondary N) is 1. The smallest absolute Gasteiger partial charge is 0.257 e. The van der Waals surface area contributed by atoms with E-state index in [4.69, 9.17) is 0 Å². The first-order valence-electron chi connectivity index (χ1n) is 6.93. The second kappa shape index (κ2) is 6.70. The van der Waals surface area contributed by atoms with Crippen molar-refractivity contribution in [2.24, 2.45) is 0 Å². The average molecular weight is 333 g/mol. The number of aromatic nitrogens is 2. The quantitative estimate of drug-likeness (QED) is 0.778. The normalized spacial score (nSPS) is 10.7. The molecule has 4 nitrogen and oxygen atoms in total. The van der Waals surface area contributed by atoms with Crippen molar-refractivity contribution in [1.29, 1.82) is 0 Å². The van der Waals surface area contributed by atoms with Crippen molar-refractivity contribution < 1.29 is 13.6 Å². The summed E-state index contributed by atoms with van der Waals surface area (Å²) in [7, 11) is 0. The van der Waals surface area contributed by atoms with Gasteiger partial charge in [-0.3, -0.25) is 9.48 Å². The van der Waals surface area contributed by atoms with Crippen LogP contribution in [-0.2, 0) is 6.54 Å². The van der Waals surface area contributed by atoms with Gasteiger partial charge in [0.05, 0.1) is 12.2 Å². The van der Waals surface area contributed by atoms with Gasteiger partial charge in [-0.2, -0.15) is 16.4 Å². The molecule has 0 fully saturated rings. The molecule has 0 aliphatic rings. The third-order valence-corrected chi connectivity index (χ3v) is 3.96. The Balaban J connectivity index is 1.58. The summed E-state index contributed by atoms with van der Waals surface area (Å²) in [6, 6.07) is 7.18. The highest BCUT2D eigenvalue weighted by atomic mass is 32.1. The Hall–Kier alpha value is -2.54. The van der Waals surface area contributed by atoms with Crippen molar-refractivity contribution in [3.05, 3.63) is 64.5 Å². The second-order valence-electron chi connectivity index (χ2n) is 4.83. The molecule has 2 heterocycles. The van der Waals surface area contributed by atoms with Crippen LogP contribution < -0.4 is 5.32 Å². The molecule has 3 aromatic rings. The number of thiophene rings is 1. The van der Waals surface area contributed by atoms with Gasteiger partial charge in [0.25, 0.3) is 5.91 Å². The van der Waals surface area contributed by atoms with Crippen molar-refractivity contribution in [2.45, 2.75) is 6.54 Å². The molecule has 0 aliphatic heterocycles. The van der Waals surface area contributed by atoms with Gasteiger partial charge in [-0.05, 0) is 29.6 Å². The molecule has 0 radical (unpaired) electrons. The number of carbonyl (C=O) groups is 1. The number of amides is 1. The minimum Gasteiger partial charge on any atom is -0.350 e. The molecule has 118 valence electrons. The number of hydrogen-bond acceptors (Lipinski definition) is 3. The van der Waals surface area contributed by atoms with E-state index in [-0.39, 0.29) is 6.54 Å². The molecule has 0 aliphatic carbocycles. The monoisotopic (exact) mass is 333 g/mol. The fraction of sp³-hybridized carbons (Fsp3) is 0.125. The lowest BCUT2D eigenvalue weighted by atomic mass is 10.2. The van der Waals surface area contributed by atoms with Crippen LogP contribution >= 0.6 is 11.3 Å². The van der Waals surface area contributed by atoms with Crippen LogP contribution in [0.15, 0.2) is 47.3 Å². The van der Waals surface area contributed by atoms with Gasteiger partial charge in [0.15, 0.2) is 0 Å². The fourth-order valence-electron chi connectivity index (χ4n) is 2.14. The van der Waals surface area contributed by atoms with Crippen molar-refractivity contribution >= 4 is 17.2 Å². The number of benzene rings is 1. The Morgan fingerprint density at radius 2 is 2.00 bits per heavy atom.